The van der Waals surface area contributed by atoms with E-state index in [1.807, 2.05) is 17.8 Å². The molecule has 0 aliphatic carbocycles. The summed E-state index contributed by atoms with van der Waals surface area (Å²) in [5, 5.41) is 0. The number of hydrogen-bond donors (Lipinski definition) is 1. The minimum Gasteiger partial charge on any atom is -0.397 e. The molecular weight excluding hydrogens is 144 g/mol. The molecule has 0 atom stereocenters. The third-order valence-electron chi connectivity index (χ3n) is 1.58. The first-order valence-electron chi connectivity index (χ1n) is 3.17. The standard InChI is InChI=1S/C7H8N2S/c8-6-1-5-3-10-4-7(5)9-2-6/h1-2H,3-4,8H2. The Hall–Kier alpha value is -0.700. The fraction of sp³-hybridized carbons (Fsp3) is 0.286. The van der Waals surface area contributed by atoms with E-state index in [1.54, 1.807) is 6.20 Å². The lowest BCUT2D eigenvalue weighted by Gasteiger charge is -1.96. The van der Waals surface area contributed by atoms with Crippen molar-refractivity contribution in [2.24, 2.45) is 0 Å². The van der Waals surface area contributed by atoms with Gasteiger partial charge in [0.25, 0.3) is 0 Å². The molecule has 0 bridgehead atoms. The Morgan fingerprint density at radius 2 is 2.40 bits per heavy atom. The Kier molecular flexibility index (Phi) is 1.31. The van der Waals surface area contributed by atoms with Gasteiger partial charge in [0, 0.05) is 11.5 Å². The first-order valence-corrected chi connectivity index (χ1v) is 4.33. The number of pyridine rings is 1. The number of fused-ring (bicyclic) bond motifs is 1. The minimum absolute atomic E-state index is 0.779. The molecule has 3 heteroatoms. The van der Waals surface area contributed by atoms with Crippen molar-refractivity contribution in [1.29, 1.82) is 0 Å². The summed E-state index contributed by atoms with van der Waals surface area (Å²) < 4.78 is 0. The van der Waals surface area contributed by atoms with E-state index in [-0.39, 0.29) is 0 Å². The highest BCUT2D eigenvalue weighted by Crippen LogP contribution is 2.28. The smallest absolute Gasteiger partial charge is 0.0544 e. The van der Waals surface area contributed by atoms with Crippen LogP contribution in [0.15, 0.2) is 12.3 Å². The zero-order chi connectivity index (χ0) is 6.97. The Labute approximate surface area is 63.8 Å². The molecule has 0 saturated heterocycles. The third-order valence-corrected chi connectivity index (χ3v) is 2.57. The molecule has 2 rings (SSSR count). The lowest BCUT2D eigenvalue weighted by Crippen LogP contribution is -1.91. The van der Waals surface area contributed by atoms with Gasteiger partial charge in [-0.3, -0.25) is 4.98 Å². The Morgan fingerprint density at radius 3 is 3.30 bits per heavy atom. The van der Waals surface area contributed by atoms with Crippen molar-refractivity contribution >= 4 is 17.4 Å². The molecule has 1 aliphatic rings. The highest BCUT2D eigenvalue weighted by molar-refractivity contribution is 7.98. The molecule has 0 saturated carbocycles. The van der Waals surface area contributed by atoms with E-state index in [4.69, 9.17) is 5.73 Å². The van der Waals surface area contributed by atoms with Crippen molar-refractivity contribution in [1.82, 2.24) is 4.98 Å². The average Bonchev–Trinajstić information content (AvgIpc) is 2.33. The first-order chi connectivity index (χ1) is 4.86. The van der Waals surface area contributed by atoms with Gasteiger partial charge in [0.2, 0.25) is 0 Å². The molecule has 0 spiro atoms. The Bertz CT molecular complexity index is 260. The van der Waals surface area contributed by atoms with Crippen LogP contribution in [-0.4, -0.2) is 4.98 Å². The van der Waals surface area contributed by atoms with Gasteiger partial charge in [-0.1, -0.05) is 0 Å². The Morgan fingerprint density at radius 1 is 1.50 bits per heavy atom. The van der Waals surface area contributed by atoms with Crippen LogP contribution in [0.2, 0.25) is 0 Å². The quantitative estimate of drug-likeness (QED) is 0.611. The molecule has 2 N–H and O–H groups in total. The van der Waals surface area contributed by atoms with Crippen LogP contribution >= 0.6 is 11.8 Å². The maximum absolute atomic E-state index is 5.56. The highest BCUT2D eigenvalue weighted by atomic mass is 32.2. The normalized spacial score (nSPS) is 15.2. The van der Waals surface area contributed by atoms with Crippen LogP contribution in [0, 0.1) is 0 Å². The van der Waals surface area contributed by atoms with Gasteiger partial charge in [0.15, 0.2) is 0 Å². The fourth-order valence-electron chi connectivity index (χ4n) is 1.07. The van der Waals surface area contributed by atoms with Crippen LogP contribution in [0.3, 0.4) is 0 Å². The fourth-order valence-corrected chi connectivity index (χ4v) is 2.09. The van der Waals surface area contributed by atoms with Crippen molar-refractivity contribution in [2.45, 2.75) is 11.5 Å². The molecule has 10 heavy (non-hydrogen) atoms. The molecule has 2 nitrogen and oxygen atoms in total. The summed E-state index contributed by atoms with van der Waals surface area (Å²) in [5.74, 6) is 2.13. The second-order valence-electron chi connectivity index (χ2n) is 2.37. The third kappa shape index (κ3) is 0.865. The Balaban J connectivity index is 2.52. The second-order valence-corrected chi connectivity index (χ2v) is 3.35. The SMILES string of the molecule is Nc1cnc2c(c1)CSC2. The van der Waals surface area contributed by atoms with E-state index < -0.39 is 0 Å². The molecular formula is C7H8N2S. The maximum Gasteiger partial charge on any atom is 0.0544 e. The lowest BCUT2D eigenvalue weighted by molar-refractivity contribution is 1.16. The number of thioether (sulfide) groups is 1. The van der Waals surface area contributed by atoms with E-state index in [2.05, 4.69) is 4.98 Å². The summed E-state index contributed by atoms with van der Waals surface area (Å²) in [7, 11) is 0. The van der Waals surface area contributed by atoms with Gasteiger partial charge < -0.3 is 5.73 Å². The van der Waals surface area contributed by atoms with Crippen LogP contribution in [0.1, 0.15) is 11.3 Å². The van der Waals surface area contributed by atoms with Gasteiger partial charge in [-0.2, -0.15) is 11.8 Å². The van der Waals surface area contributed by atoms with Gasteiger partial charge in [-0.05, 0) is 11.6 Å². The number of hydrogen-bond acceptors (Lipinski definition) is 3. The van der Waals surface area contributed by atoms with E-state index in [0.29, 0.717) is 0 Å². The van der Waals surface area contributed by atoms with Crippen LogP contribution < -0.4 is 5.73 Å². The molecule has 0 unspecified atom stereocenters. The number of anilines is 1. The van der Waals surface area contributed by atoms with Crippen LogP contribution in [-0.2, 0) is 11.5 Å². The monoisotopic (exact) mass is 152 g/mol. The second kappa shape index (κ2) is 2.16. The van der Waals surface area contributed by atoms with E-state index in [0.717, 1.165) is 17.2 Å². The summed E-state index contributed by atoms with van der Waals surface area (Å²) in [6.07, 6.45) is 1.73. The first kappa shape index (κ1) is 6.04. The predicted molar refractivity (Wildman–Crippen MR) is 43.6 cm³/mol. The van der Waals surface area contributed by atoms with Gasteiger partial charge in [0.1, 0.15) is 0 Å². The van der Waals surface area contributed by atoms with E-state index in [1.165, 1.54) is 11.3 Å². The van der Waals surface area contributed by atoms with Gasteiger partial charge >= 0.3 is 0 Å². The topological polar surface area (TPSA) is 38.9 Å². The zero-order valence-corrected chi connectivity index (χ0v) is 6.32. The number of nitrogens with zero attached hydrogens (tertiary/aromatic N) is 1. The molecule has 1 aliphatic heterocycles. The molecule has 2 heterocycles. The number of rotatable bonds is 0. The van der Waals surface area contributed by atoms with Crippen LogP contribution in [0.25, 0.3) is 0 Å². The molecule has 52 valence electrons. The molecule has 0 aromatic carbocycles. The number of nitrogens with two attached hydrogens (primary N) is 1. The molecule has 0 radical (unpaired) electrons. The molecule has 0 fully saturated rings. The number of nitrogen functional groups attached to an aromatic ring is 1. The lowest BCUT2D eigenvalue weighted by atomic mass is 10.2. The zero-order valence-electron chi connectivity index (χ0n) is 5.50. The number of aromatic nitrogens is 1. The average molecular weight is 152 g/mol. The maximum atomic E-state index is 5.56. The van der Waals surface area contributed by atoms with Crippen molar-refractivity contribution in [3.05, 3.63) is 23.5 Å². The molecule has 1 aromatic heterocycles. The van der Waals surface area contributed by atoms with E-state index in [9.17, 15) is 0 Å². The predicted octanol–water partition coefficient (Wildman–Crippen LogP) is 1.41. The van der Waals surface area contributed by atoms with E-state index >= 15 is 0 Å². The molecule has 1 aromatic rings. The summed E-state index contributed by atoms with van der Waals surface area (Å²) in [6, 6.07) is 2.02. The van der Waals surface area contributed by atoms with Crippen LogP contribution in [0.5, 0.6) is 0 Å². The van der Waals surface area contributed by atoms with Gasteiger partial charge in [-0.25, -0.2) is 0 Å². The summed E-state index contributed by atoms with van der Waals surface area (Å²) in [4.78, 5) is 4.21. The summed E-state index contributed by atoms with van der Waals surface area (Å²) in [6.45, 7) is 0. The van der Waals surface area contributed by atoms with Crippen molar-refractivity contribution in [2.75, 3.05) is 5.73 Å². The van der Waals surface area contributed by atoms with Crippen molar-refractivity contribution in [3.8, 4) is 0 Å². The minimum atomic E-state index is 0.779. The summed E-state index contributed by atoms with van der Waals surface area (Å²) >= 11 is 1.89. The molecule has 0 amide bonds. The summed E-state index contributed by atoms with van der Waals surface area (Å²) in [5.41, 5.74) is 8.86. The highest BCUT2D eigenvalue weighted by Gasteiger charge is 2.11. The van der Waals surface area contributed by atoms with Crippen LogP contribution in [0.4, 0.5) is 5.69 Å². The van der Waals surface area contributed by atoms with Crippen molar-refractivity contribution in [3.63, 3.8) is 0 Å². The van der Waals surface area contributed by atoms with Crippen molar-refractivity contribution < 1.29 is 0 Å². The van der Waals surface area contributed by atoms with Gasteiger partial charge in [0.05, 0.1) is 17.6 Å². The largest absolute Gasteiger partial charge is 0.397 e. The van der Waals surface area contributed by atoms with Gasteiger partial charge in [-0.15, -0.1) is 0 Å².